The van der Waals surface area contributed by atoms with Crippen molar-refractivity contribution in [2.45, 2.75) is 38.7 Å². The second-order valence-electron chi connectivity index (χ2n) is 5.03. The zero-order valence-electron chi connectivity index (χ0n) is 11.3. The number of amides is 1. The molecular formula is C15H21NO3. The highest BCUT2D eigenvalue weighted by Gasteiger charge is 2.14. The minimum Gasteiger partial charge on any atom is -0.508 e. The number of carbonyl (C=O) groups is 1. The van der Waals surface area contributed by atoms with Gasteiger partial charge in [0.1, 0.15) is 5.75 Å². The van der Waals surface area contributed by atoms with Crippen molar-refractivity contribution in [2.75, 3.05) is 13.2 Å². The third-order valence-corrected chi connectivity index (χ3v) is 3.50. The summed E-state index contributed by atoms with van der Waals surface area (Å²) in [6.45, 7) is 3.25. The van der Waals surface area contributed by atoms with Gasteiger partial charge in [-0.05, 0) is 50.3 Å². The van der Waals surface area contributed by atoms with Crippen LogP contribution in [0.25, 0.3) is 0 Å². The fourth-order valence-electron chi connectivity index (χ4n) is 2.23. The number of aryl methyl sites for hydroxylation is 1. The molecule has 1 fully saturated rings. The number of benzene rings is 1. The van der Waals surface area contributed by atoms with Crippen LogP contribution in [0.2, 0.25) is 0 Å². The van der Waals surface area contributed by atoms with Gasteiger partial charge in [-0.25, -0.2) is 0 Å². The van der Waals surface area contributed by atoms with Gasteiger partial charge in [0.2, 0.25) is 0 Å². The van der Waals surface area contributed by atoms with Crippen LogP contribution in [-0.4, -0.2) is 30.3 Å². The highest BCUT2D eigenvalue weighted by atomic mass is 16.5. The first-order valence-electron chi connectivity index (χ1n) is 6.86. The third kappa shape index (κ3) is 3.96. The van der Waals surface area contributed by atoms with Crippen molar-refractivity contribution in [2.24, 2.45) is 0 Å². The lowest BCUT2D eigenvalue weighted by Crippen LogP contribution is -2.29. The molecule has 4 heteroatoms. The second kappa shape index (κ2) is 6.57. The summed E-state index contributed by atoms with van der Waals surface area (Å²) in [6, 6.07) is 4.97. The number of aromatic hydroxyl groups is 1. The van der Waals surface area contributed by atoms with Crippen LogP contribution >= 0.6 is 0 Å². The number of nitrogens with one attached hydrogen (secondary N) is 1. The van der Waals surface area contributed by atoms with Crippen LogP contribution in [0.1, 0.15) is 41.6 Å². The topological polar surface area (TPSA) is 58.6 Å². The molecule has 1 heterocycles. The fourth-order valence-corrected chi connectivity index (χ4v) is 2.23. The van der Waals surface area contributed by atoms with Gasteiger partial charge in [0.25, 0.3) is 5.91 Å². The average Bonchev–Trinajstić information content (AvgIpc) is 2.43. The van der Waals surface area contributed by atoms with Crippen LogP contribution < -0.4 is 5.32 Å². The van der Waals surface area contributed by atoms with Crippen molar-refractivity contribution in [3.63, 3.8) is 0 Å². The molecule has 1 aliphatic heterocycles. The first-order valence-corrected chi connectivity index (χ1v) is 6.86. The number of hydrogen-bond acceptors (Lipinski definition) is 3. The largest absolute Gasteiger partial charge is 0.508 e. The predicted molar refractivity (Wildman–Crippen MR) is 73.4 cm³/mol. The lowest BCUT2D eigenvalue weighted by molar-refractivity contribution is 0.0117. The minimum atomic E-state index is -0.147. The quantitative estimate of drug-likeness (QED) is 0.877. The molecule has 1 amide bonds. The molecule has 1 saturated heterocycles. The Morgan fingerprint density at radius 2 is 2.32 bits per heavy atom. The number of hydrogen-bond donors (Lipinski definition) is 2. The van der Waals surface area contributed by atoms with Crippen LogP contribution in [0.4, 0.5) is 0 Å². The van der Waals surface area contributed by atoms with Crippen LogP contribution in [0.5, 0.6) is 5.75 Å². The molecule has 1 unspecified atom stereocenters. The van der Waals surface area contributed by atoms with Gasteiger partial charge in [-0.2, -0.15) is 0 Å². The Kier molecular flexibility index (Phi) is 4.80. The number of phenols is 1. The SMILES string of the molecule is Cc1ccc(C(=O)NCCC2CCCCO2)cc1O. The maximum atomic E-state index is 11.9. The molecule has 0 aliphatic carbocycles. The van der Waals surface area contributed by atoms with E-state index in [1.165, 1.54) is 12.5 Å². The summed E-state index contributed by atoms with van der Waals surface area (Å²) < 4.78 is 5.61. The summed E-state index contributed by atoms with van der Waals surface area (Å²) in [5.74, 6) is 0.00868. The van der Waals surface area contributed by atoms with E-state index in [4.69, 9.17) is 4.74 Å². The van der Waals surface area contributed by atoms with E-state index >= 15 is 0 Å². The van der Waals surface area contributed by atoms with Crippen LogP contribution in [0.15, 0.2) is 18.2 Å². The highest BCUT2D eigenvalue weighted by Crippen LogP contribution is 2.17. The van der Waals surface area contributed by atoms with Crippen molar-refractivity contribution >= 4 is 5.91 Å². The molecule has 2 N–H and O–H groups in total. The Bertz CT molecular complexity index is 439. The zero-order valence-corrected chi connectivity index (χ0v) is 11.3. The van der Waals surface area contributed by atoms with Crippen molar-refractivity contribution < 1.29 is 14.6 Å². The summed E-state index contributed by atoms with van der Waals surface area (Å²) in [5.41, 5.74) is 1.26. The Morgan fingerprint density at radius 1 is 1.47 bits per heavy atom. The summed E-state index contributed by atoms with van der Waals surface area (Å²) in [6.07, 6.45) is 4.57. The molecule has 0 bridgehead atoms. The number of carbonyl (C=O) groups excluding carboxylic acids is 1. The van der Waals surface area contributed by atoms with Crippen LogP contribution in [0.3, 0.4) is 0 Å². The van der Waals surface area contributed by atoms with E-state index in [9.17, 15) is 9.90 Å². The van der Waals surface area contributed by atoms with E-state index in [2.05, 4.69) is 5.32 Å². The number of rotatable bonds is 4. The van der Waals surface area contributed by atoms with Gasteiger partial charge in [-0.15, -0.1) is 0 Å². The normalized spacial score (nSPS) is 19.1. The minimum absolute atomic E-state index is 0.147. The van der Waals surface area contributed by atoms with E-state index in [1.807, 2.05) is 0 Å². The Morgan fingerprint density at radius 3 is 3.00 bits per heavy atom. The van der Waals surface area contributed by atoms with Crippen LogP contribution in [0, 0.1) is 6.92 Å². The second-order valence-corrected chi connectivity index (χ2v) is 5.03. The molecule has 1 atom stereocenters. The Hall–Kier alpha value is -1.55. The maximum Gasteiger partial charge on any atom is 0.251 e. The van der Waals surface area contributed by atoms with Gasteiger partial charge < -0.3 is 15.2 Å². The highest BCUT2D eigenvalue weighted by molar-refractivity contribution is 5.94. The Labute approximate surface area is 113 Å². The standard InChI is InChI=1S/C15H21NO3/c1-11-5-6-12(10-14(11)17)15(18)16-8-7-13-4-2-3-9-19-13/h5-6,10,13,17H,2-4,7-9H2,1H3,(H,16,18). The smallest absolute Gasteiger partial charge is 0.251 e. The summed E-state index contributed by atoms with van der Waals surface area (Å²) in [5, 5.41) is 12.4. The molecule has 0 aromatic heterocycles. The van der Waals surface area contributed by atoms with Gasteiger partial charge >= 0.3 is 0 Å². The predicted octanol–water partition coefficient (Wildman–Crippen LogP) is 2.39. The van der Waals surface area contributed by atoms with E-state index in [-0.39, 0.29) is 17.8 Å². The average molecular weight is 263 g/mol. The summed E-state index contributed by atoms with van der Waals surface area (Å²) in [4.78, 5) is 11.9. The van der Waals surface area contributed by atoms with E-state index < -0.39 is 0 Å². The molecular weight excluding hydrogens is 242 g/mol. The van der Waals surface area contributed by atoms with Crippen molar-refractivity contribution in [1.29, 1.82) is 0 Å². The molecule has 4 nitrogen and oxygen atoms in total. The van der Waals surface area contributed by atoms with Crippen LogP contribution in [-0.2, 0) is 4.74 Å². The first-order chi connectivity index (χ1) is 9.16. The molecule has 1 aliphatic rings. The van der Waals surface area contributed by atoms with Gasteiger partial charge in [-0.1, -0.05) is 6.07 Å². The molecule has 104 valence electrons. The zero-order chi connectivity index (χ0) is 13.7. The summed E-state index contributed by atoms with van der Waals surface area (Å²) >= 11 is 0. The molecule has 1 aromatic rings. The van der Waals surface area contributed by atoms with E-state index in [0.717, 1.165) is 31.4 Å². The third-order valence-electron chi connectivity index (χ3n) is 3.50. The summed E-state index contributed by atoms with van der Waals surface area (Å²) in [7, 11) is 0. The lowest BCUT2D eigenvalue weighted by Gasteiger charge is -2.22. The monoisotopic (exact) mass is 263 g/mol. The first kappa shape index (κ1) is 13.9. The van der Waals surface area contributed by atoms with Gasteiger partial charge in [0.05, 0.1) is 6.10 Å². The maximum absolute atomic E-state index is 11.9. The van der Waals surface area contributed by atoms with Crippen molar-refractivity contribution in [1.82, 2.24) is 5.32 Å². The lowest BCUT2D eigenvalue weighted by atomic mass is 10.1. The molecule has 19 heavy (non-hydrogen) atoms. The number of ether oxygens (including phenoxy) is 1. The Balaban J connectivity index is 1.78. The molecule has 0 radical (unpaired) electrons. The molecule has 0 spiro atoms. The molecule has 2 rings (SSSR count). The molecule has 0 saturated carbocycles. The van der Waals surface area contributed by atoms with E-state index in [1.54, 1.807) is 19.1 Å². The van der Waals surface area contributed by atoms with Crippen molar-refractivity contribution in [3.05, 3.63) is 29.3 Å². The van der Waals surface area contributed by atoms with Gasteiger partial charge in [0.15, 0.2) is 0 Å². The van der Waals surface area contributed by atoms with Crippen molar-refractivity contribution in [3.8, 4) is 5.75 Å². The van der Waals surface area contributed by atoms with Gasteiger partial charge in [-0.3, -0.25) is 4.79 Å². The number of phenolic OH excluding ortho intramolecular Hbond substituents is 1. The van der Waals surface area contributed by atoms with E-state index in [0.29, 0.717) is 12.1 Å². The van der Waals surface area contributed by atoms with Gasteiger partial charge in [0, 0.05) is 18.7 Å². The molecule has 1 aromatic carbocycles. The fraction of sp³-hybridized carbons (Fsp3) is 0.533.